The molecule has 3 aliphatic rings. The van der Waals surface area contributed by atoms with Crippen molar-refractivity contribution in [1.29, 1.82) is 0 Å². The molecule has 0 radical (unpaired) electrons. The van der Waals surface area contributed by atoms with Crippen LogP contribution < -0.4 is 5.32 Å². The third-order valence-corrected chi connectivity index (χ3v) is 6.27. The number of nitro groups is 1. The smallest absolute Gasteiger partial charge is 0.336 e. The van der Waals surface area contributed by atoms with Gasteiger partial charge in [-0.05, 0) is 44.2 Å². The van der Waals surface area contributed by atoms with Crippen LogP contribution in [0.3, 0.4) is 0 Å². The first-order valence-corrected chi connectivity index (χ1v) is 10.7. The highest BCUT2D eigenvalue weighted by Gasteiger charge is 2.40. The monoisotopic (exact) mass is 446 g/mol. The van der Waals surface area contributed by atoms with Crippen LogP contribution in [0.15, 0.2) is 40.7 Å². The van der Waals surface area contributed by atoms with E-state index in [2.05, 4.69) is 5.32 Å². The number of carbonyl (C=O) groups is 2. The van der Waals surface area contributed by atoms with Crippen LogP contribution in [-0.4, -0.2) is 36.0 Å². The van der Waals surface area contributed by atoms with E-state index >= 15 is 0 Å². The zero-order valence-electron chi connectivity index (χ0n) is 17.1. The van der Waals surface area contributed by atoms with Crippen molar-refractivity contribution in [2.24, 2.45) is 0 Å². The summed E-state index contributed by atoms with van der Waals surface area (Å²) in [5.41, 5.74) is 2.16. The van der Waals surface area contributed by atoms with E-state index in [9.17, 15) is 19.7 Å². The summed E-state index contributed by atoms with van der Waals surface area (Å²) in [5, 5.41) is 14.8. The number of halogens is 1. The number of benzene rings is 1. The van der Waals surface area contributed by atoms with Gasteiger partial charge >= 0.3 is 5.97 Å². The molecule has 2 atom stereocenters. The van der Waals surface area contributed by atoms with Crippen LogP contribution in [0.4, 0.5) is 5.69 Å². The van der Waals surface area contributed by atoms with E-state index in [1.54, 1.807) is 6.92 Å². The van der Waals surface area contributed by atoms with Crippen LogP contribution in [0, 0.1) is 10.1 Å². The molecule has 4 rings (SSSR count). The quantitative estimate of drug-likeness (QED) is 0.414. The molecule has 1 aliphatic carbocycles. The molecule has 1 aromatic rings. The minimum absolute atomic E-state index is 0.0988. The number of allylic oxidation sites excluding steroid dienone is 3. The Hall–Kier alpha value is -2.71. The van der Waals surface area contributed by atoms with E-state index in [0.29, 0.717) is 42.7 Å². The topological polar surface area (TPSA) is 108 Å². The van der Waals surface area contributed by atoms with Gasteiger partial charge in [0, 0.05) is 53.1 Å². The van der Waals surface area contributed by atoms with Crippen molar-refractivity contribution in [2.75, 3.05) is 13.2 Å². The molecule has 9 heteroatoms. The van der Waals surface area contributed by atoms with Crippen LogP contribution in [0.2, 0.25) is 5.02 Å². The lowest BCUT2D eigenvalue weighted by Crippen LogP contribution is -2.35. The van der Waals surface area contributed by atoms with Crippen molar-refractivity contribution >= 4 is 29.0 Å². The number of rotatable bonds is 5. The average Bonchev–Trinajstić information content (AvgIpc) is 3.25. The van der Waals surface area contributed by atoms with Crippen LogP contribution in [-0.2, 0) is 19.1 Å². The first kappa shape index (κ1) is 21.5. The summed E-state index contributed by atoms with van der Waals surface area (Å²) in [6.45, 7) is 2.50. The first-order valence-electron chi connectivity index (χ1n) is 10.3. The number of Topliss-reactive ketones (excluding diaryl/α,β-unsaturated/α-hetero) is 1. The predicted molar refractivity (Wildman–Crippen MR) is 113 cm³/mol. The second-order valence-corrected chi connectivity index (χ2v) is 8.37. The number of ether oxygens (including phenoxy) is 2. The Balaban J connectivity index is 1.77. The summed E-state index contributed by atoms with van der Waals surface area (Å²) in [6.07, 6.45) is 3.29. The van der Waals surface area contributed by atoms with Crippen LogP contribution in [0.1, 0.15) is 50.5 Å². The summed E-state index contributed by atoms with van der Waals surface area (Å²) < 4.78 is 11.1. The van der Waals surface area contributed by atoms with Gasteiger partial charge in [-0.15, -0.1) is 0 Å². The number of dihydropyridines is 1. The summed E-state index contributed by atoms with van der Waals surface area (Å²) in [4.78, 5) is 36.9. The molecule has 1 N–H and O–H groups in total. The molecule has 2 aliphatic heterocycles. The Bertz CT molecular complexity index is 1010. The Morgan fingerprint density at radius 1 is 1.35 bits per heavy atom. The largest absolute Gasteiger partial charge is 0.459 e. The molecule has 1 fully saturated rings. The van der Waals surface area contributed by atoms with Crippen molar-refractivity contribution in [1.82, 2.24) is 5.32 Å². The maximum Gasteiger partial charge on any atom is 0.336 e. The second-order valence-electron chi connectivity index (χ2n) is 7.96. The zero-order chi connectivity index (χ0) is 22.1. The highest BCUT2D eigenvalue weighted by atomic mass is 35.5. The molecule has 0 spiro atoms. The van der Waals surface area contributed by atoms with Gasteiger partial charge in [-0.3, -0.25) is 14.9 Å². The number of esters is 1. The SMILES string of the molecule is CC1=C(C(=O)OC[C@@H]2CCCO2)[C@H](c2cc([N+](=O)[O-])ccc2Cl)C2=C(CCCC2=O)N1. The van der Waals surface area contributed by atoms with E-state index in [1.807, 2.05) is 0 Å². The Morgan fingerprint density at radius 2 is 2.16 bits per heavy atom. The third-order valence-electron chi connectivity index (χ3n) is 5.92. The summed E-state index contributed by atoms with van der Waals surface area (Å²) in [7, 11) is 0. The number of carbonyl (C=O) groups excluding carboxylic acids is 2. The summed E-state index contributed by atoms with van der Waals surface area (Å²) in [5.74, 6) is -1.51. The van der Waals surface area contributed by atoms with Crippen LogP contribution in [0.5, 0.6) is 0 Å². The minimum atomic E-state index is -0.826. The molecule has 1 saturated heterocycles. The van der Waals surface area contributed by atoms with Crippen molar-refractivity contribution in [3.05, 3.63) is 61.4 Å². The number of non-ortho nitro benzene ring substituents is 1. The first-order chi connectivity index (χ1) is 14.9. The zero-order valence-corrected chi connectivity index (χ0v) is 17.9. The number of nitrogens with one attached hydrogen (secondary N) is 1. The molecule has 0 aromatic heterocycles. The molecule has 0 amide bonds. The molecule has 164 valence electrons. The maximum atomic E-state index is 13.2. The van der Waals surface area contributed by atoms with Gasteiger partial charge in [0.15, 0.2) is 5.78 Å². The Morgan fingerprint density at radius 3 is 2.87 bits per heavy atom. The molecule has 0 unspecified atom stereocenters. The van der Waals surface area contributed by atoms with Crippen LogP contribution in [0.25, 0.3) is 0 Å². The fourth-order valence-electron chi connectivity index (χ4n) is 4.45. The molecule has 0 bridgehead atoms. The van der Waals surface area contributed by atoms with E-state index in [4.69, 9.17) is 21.1 Å². The van der Waals surface area contributed by atoms with Gasteiger partial charge in [0.25, 0.3) is 5.69 Å². The molecule has 8 nitrogen and oxygen atoms in total. The van der Waals surface area contributed by atoms with Gasteiger partial charge in [-0.1, -0.05) is 11.6 Å². The Kier molecular flexibility index (Phi) is 6.11. The normalized spacial score (nSPS) is 23.5. The van der Waals surface area contributed by atoms with Gasteiger partial charge in [-0.25, -0.2) is 4.79 Å². The minimum Gasteiger partial charge on any atom is -0.459 e. The Labute approximate surface area is 184 Å². The average molecular weight is 447 g/mol. The molecular weight excluding hydrogens is 424 g/mol. The highest BCUT2D eigenvalue weighted by molar-refractivity contribution is 6.31. The van der Waals surface area contributed by atoms with E-state index in [0.717, 1.165) is 18.5 Å². The number of hydrogen-bond donors (Lipinski definition) is 1. The molecular formula is C22H23ClN2O6. The summed E-state index contributed by atoms with van der Waals surface area (Å²) >= 11 is 6.44. The standard InChI is InChI=1S/C22H23ClN2O6/c1-12-19(22(27)31-11-14-4-3-9-30-14)20(21-17(24-12)5-2-6-18(21)26)15-10-13(25(28)29)7-8-16(15)23/h7-8,10,14,20,24H,2-6,9,11H2,1H3/t14-,20-/m0/s1. The lowest BCUT2D eigenvalue weighted by molar-refractivity contribution is -0.384. The van der Waals surface area contributed by atoms with Crippen molar-refractivity contribution < 1.29 is 24.0 Å². The number of ketones is 1. The van der Waals surface area contributed by atoms with Crippen molar-refractivity contribution in [3.8, 4) is 0 Å². The lowest BCUT2D eigenvalue weighted by atomic mass is 9.75. The van der Waals surface area contributed by atoms with Gasteiger partial charge in [0.2, 0.25) is 0 Å². The van der Waals surface area contributed by atoms with E-state index in [-0.39, 0.29) is 34.8 Å². The number of nitrogens with zero attached hydrogens (tertiary/aromatic N) is 1. The van der Waals surface area contributed by atoms with Gasteiger partial charge < -0.3 is 14.8 Å². The summed E-state index contributed by atoms with van der Waals surface area (Å²) in [6, 6.07) is 4.07. The predicted octanol–water partition coefficient (Wildman–Crippen LogP) is 3.94. The lowest BCUT2D eigenvalue weighted by Gasteiger charge is -2.34. The second kappa shape index (κ2) is 8.80. The van der Waals surface area contributed by atoms with Crippen molar-refractivity contribution in [2.45, 2.75) is 51.0 Å². The fraction of sp³-hybridized carbons (Fsp3) is 0.455. The van der Waals surface area contributed by atoms with Gasteiger partial charge in [0.05, 0.1) is 16.6 Å². The van der Waals surface area contributed by atoms with E-state index in [1.165, 1.54) is 18.2 Å². The molecule has 1 aromatic carbocycles. The number of hydrogen-bond acceptors (Lipinski definition) is 7. The number of nitro benzene ring substituents is 1. The van der Waals surface area contributed by atoms with E-state index < -0.39 is 16.8 Å². The maximum absolute atomic E-state index is 13.2. The van der Waals surface area contributed by atoms with Crippen LogP contribution >= 0.6 is 11.6 Å². The fourth-order valence-corrected chi connectivity index (χ4v) is 4.68. The molecule has 31 heavy (non-hydrogen) atoms. The third kappa shape index (κ3) is 4.22. The molecule has 2 heterocycles. The van der Waals surface area contributed by atoms with Gasteiger partial charge in [-0.2, -0.15) is 0 Å². The van der Waals surface area contributed by atoms with Gasteiger partial charge in [0.1, 0.15) is 6.61 Å². The highest BCUT2D eigenvalue weighted by Crippen LogP contribution is 2.45. The molecule has 0 saturated carbocycles. The van der Waals surface area contributed by atoms with Crippen molar-refractivity contribution in [3.63, 3.8) is 0 Å².